The largest absolute Gasteiger partial charge is 0.319 e. The normalized spacial score (nSPS) is 11.6. The number of benzene rings is 1. The smallest absolute Gasteiger partial charge is 0.115 e. The van der Waals surface area contributed by atoms with E-state index in [1.807, 2.05) is 30.3 Å². The Kier molecular flexibility index (Phi) is 5.84. The molecule has 0 saturated carbocycles. The van der Waals surface area contributed by atoms with Crippen LogP contribution < -0.4 is 5.30 Å². The van der Waals surface area contributed by atoms with Gasteiger partial charge in [-0.05, 0) is 12.8 Å². The molecule has 0 radical (unpaired) electrons. The standard InChI is InChI=1S/C14H23OP/c1-3-5-12-16(15,13-6-4-2)14-10-8-7-9-11-14/h7-11H,3-6,12-13H2,1-2H3. The Morgan fingerprint density at radius 3 is 1.88 bits per heavy atom. The van der Waals surface area contributed by atoms with Gasteiger partial charge in [-0.25, -0.2) is 0 Å². The Balaban J connectivity index is 2.82. The Bertz CT molecular complexity index is 320. The fourth-order valence-electron chi connectivity index (χ4n) is 1.90. The second-order valence-corrected chi connectivity index (χ2v) is 7.57. The fourth-order valence-corrected chi connectivity index (χ4v) is 5.01. The second kappa shape index (κ2) is 6.91. The molecule has 0 fully saturated rings. The van der Waals surface area contributed by atoms with Gasteiger partial charge in [-0.1, -0.05) is 57.0 Å². The summed E-state index contributed by atoms with van der Waals surface area (Å²) in [6.07, 6.45) is 6.18. The molecule has 0 heterocycles. The molecular formula is C14H23OP. The second-order valence-electron chi connectivity index (χ2n) is 4.38. The summed E-state index contributed by atoms with van der Waals surface area (Å²) in [5.74, 6) is 0. The molecule has 0 aromatic heterocycles. The summed E-state index contributed by atoms with van der Waals surface area (Å²) in [7, 11) is -2.10. The molecule has 0 saturated heterocycles. The van der Waals surface area contributed by atoms with E-state index in [0.717, 1.165) is 43.3 Å². The predicted molar refractivity (Wildman–Crippen MR) is 73.2 cm³/mol. The van der Waals surface area contributed by atoms with E-state index in [1.54, 1.807) is 0 Å². The van der Waals surface area contributed by atoms with Gasteiger partial charge in [0.1, 0.15) is 7.14 Å². The molecule has 1 aromatic rings. The van der Waals surface area contributed by atoms with Crippen molar-refractivity contribution in [3.8, 4) is 0 Å². The summed E-state index contributed by atoms with van der Waals surface area (Å²) in [6, 6.07) is 10.1. The zero-order chi connectivity index (χ0) is 11.9. The van der Waals surface area contributed by atoms with Crippen LogP contribution in [-0.2, 0) is 4.57 Å². The quantitative estimate of drug-likeness (QED) is 0.648. The van der Waals surface area contributed by atoms with E-state index in [0.29, 0.717) is 0 Å². The molecule has 0 aliphatic carbocycles. The van der Waals surface area contributed by atoms with Crippen molar-refractivity contribution < 1.29 is 4.57 Å². The van der Waals surface area contributed by atoms with Gasteiger partial charge in [-0.15, -0.1) is 0 Å². The summed E-state index contributed by atoms with van der Waals surface area (Å²) in [6.45, 7) is 4.32. The highest BCUT2D eigenvalue weighted by molar-refractivity contribution is 7.71. The maximum Gasteiger partial charge on any atom is 0.115 e. The third kappa shape index (κ3) is 3.79. The SMILES string of the molecule is CCCCP(=O)(CCCC)c1ccccc1. The molecule has 0 aliphatic heterocycles. The Hall–Kier alpha value is -0.550. The van der Waals surface area contributed by atoms with Gasteiger partial charge >= 0.3 is 0 Å². The lowest BCUT2D eigenvalue weighted by atomic mass is 10.4. The van der Waals surface area contributed by atoms with Crippen LogP contribution in [0.4, 0.5) is 0 Å². The highest BCUT2D eigenvalue weighted by atomic mass is 31.2. The highest BCUT2D eigenvalue weighted by Gasteiger charge is 2.22. The van der Waals surface area contributed by atoms with Crippen LogP contribution in [-0.4, -0.2) is 12.3 Å². The Labute approximate surface area is 99.6 Å². The lowest BCUT2D eigenvalue weighted by Crippen LogP contribution is -2.10. The molecule has 0 amide bonds. The van der Waals surface area contributed by atoms with E-state index in [1.165, 1.54) is 0 Å². The van der Waals surface area contributed by atoms with Crippen LogP contribution in [0.2, 0.25) is 0 Å². The Morgan fingerprint density at radius 2 is 1.44 bits per heavy atom. The third-order valence-corrected chi connectivity index (χ3v) is 6.29. The molecule has 0 aliphatic rings. The molecule has 0 spiro atoms. The molecule has 0 atom stereocenters. The van der Waals surface area contributed by atoms with Gasteiger partial charge < -0.3 is 4.57 Å². The first-order valence-electron chi connectivity index (χ1n) is 6.36. The van der Waals surface area contributed by atoms with Crippen molar-refractivity contribution in [1.29, 1.82) is 0 Å². The van der Waals surface area contributed by atoms with Crippen LogP contribution in [0, 0.1) is 0 Å². The molecular weight excluding hydrogens is 215 g/mol. The minimum absolute atomic E-state index is 0.882. The molecule has 16 heavy (non-hydrogen) atoms. The van der Waals surface area contributed by atoms with Crippen molar-refractivity contribution in [2.75, 3.05) is 12.3 Å². The van der Waals surface area contributed by atoms with Gasteiger partial charge in [-0.2, -0.15) is 0 Å². The lowest BCUT2D eigenvalue weighted by Gasteiger charge is -2.18. The summed E-state index contributed by atoms with van der Waals surface area (Å²) >= 11 is 0. The minimum Gasteiger partial charge on any atom is -0.319 e. The van der Waals surface area contributed by atoms with E-state index in [-0.39, 0.29) is 0 Å². The molecule has 1 rings (SSSR count). The predicted octanol–water partition coefficient (Wildman–Crippen LogP) is 4.28. The summed E-state index contributed by atoms with van der Waals surface area (Å²) in [4.78, 5) is 0. The fraction of sp³-hybridized carbons (Fsp3) is 0.571. The van der Waals surface area contributed by atoms with Crippen LogP contribution >= 0.6 is 7.14 Å². The number of hydrogen-bond acceptors (Lipinski definition) is 1. The van der Waals surface area contributed by atoms with E-state index in [9.17, 15) is 4.57 Å². The average Bonchev–Trinajstić information content (AvgIpc) is 2.35. The third-order valence-electron chi connectivity index (χ3n) is 2.97. The number of unbranched alkanes of at least 4 members (excludes halogenated alkanes) is 2. The minimum atomic E-state index is -2.10. The topological polar surface area (TPSA) is 17.1 Å². The zero-order valence-corrected chi connectivity index (χ0v) is 11.4. The summed E-state index contributed by atoms with van der Waals surface area (Å²) < 4.78 is 12.9. The van der Waals surface area contributed by atoms with Crippen molar-refractivity contribution in [3.05, 3.63) is 30.3 Å². The van der Waals surface area contributed by atoms with Crippen LogP contribution in [0.3, 0.4) is 0 Å². The van der Waals surface area contributed by atoms with Crippen molar-refractivity contribution >= 4 is 12.4 Å². The zero-order valence-electron chi connectivity index (χ0n) is 10.5. The molecule has 1 nitrogen and oxygen atoms in total. The van der Waals surface area contributed by atoms with Gasteiger partial charge in [0.15, 0.2) is 0 Å². The average molecular weight is 238 g/mol. The summed E-state index contributed by atoms with van der Waals surface area (Å²) in [5, 5.41) is 1.08. The van der Waals surface area contributed by atoms with Crippen LogP contribution in [0.25, 0.3) is 0 Å². The van der Waals surface area contributed by atoms with Crippen LogP contribution in [0.15, 0.2) is 30.3 Å². The summed E-state index contributed by atoms with van der Waals surface area (Å²) in [5.41, 5.74) is 0. The number of hydrogen-bond donors (Lipinski definition) is 0. The van der Waals surface area contributed by atoms with Crippen LogP contribution in [0.1, 0.15) is 39.5 Å². The molecule has 0 unspecified atom stereocenters. The van der Waals surface area contributed by atoms with E-state index >= 15 is 0 Å². The maximum atomic E-state index is 12.9. The monoisotopic (exact) mass is 238 g/mol. The van der Waals surface area contributed by atoms with Crippen molar-refractivity contribution in [2.45, 2.75) is 39.5 Å². The molecule has 90 valence electrons. The Morgan fingerprint density at radius 1 is 0.938 bits per heavy atom. The van der Waals surface area contributed by atoms with Gasteiger partial charge in [0.25, 0.3) is 0 Å². The van der Waals surface area contributed by atoms with E-state index < -0.39 is 7.14 Å². The lowest BCUT2D eigenvalue weighted by molar-refractivity contribution is 0.576. The molecule has 2 heteroatoms. The first-order valence-corrected chi connectivity index (χ1v) is 8.44. The molecule has 1 aromatic carbocycles. The number of rotatable bonds is 7. The van der Waals surface area contributed by atoms with Gasteiger partial charge in [-0.3, -0.25) is 0 Å². The van der Waals surface area contributed by atoms with Gasteiger partial charge in [0, 0.05) is 17.6 Å². The van der Waals surface area contributed by atoms with Crippen molar-refractivity contribution in [3.63, 3.8) is 0 Å². The van der Waals surface area contributed by atoms with Crippen molar-refractivity contribution in [1.82, 2.24) is 0 Å². The maximum absolute atomic E-state index is 12.9. The van der Waals surface area contributed by atoms with Crippen molar-refractivity contribution in [2.24, 2.45) is 0 Å². The van der Waals surface area contributed by atoms with Gasteiger partial charge in [0.2, 0.25) is 0 Å². The van der Waals surface area contributed by atoms with E-state index in [2.05, 4.69) is 13.8 Å². The first-order chi connectivity index (χ1) is 7.73. The first kappa shape index (κ1) is 13.5. The highest BCUT2D eigenvalue weighted by Crippen LogP contribution is 2.46. The van der Waals surface area contributed by atoms with Crippen LogP contribution in [0.5, 0.6) is 0 Å². The molecule has 0 bridgehead atoms. The van der Waals surface area contributed by atoms with E-state index in [4.69, 9.17) is 0 Å². The molecule has 0 N–H and O–H groups in total. The van der Waals surface area contributed by atoms with Gasteiger partial charge in [0.05, 0.1) is 0 Å².